The van der Waals surface area contributed by atoms with Crippen LogP contribution in [0.5, 0.6) is 0 Å². The number of nitrogens with zero attached hydrogens (tertiary/aromatic N) is 1. The van der Waals surface area contributed by atoms with Gasteiger partial charge < -0.3 is 9.64 Å². The Balaban J connectivity index is 1.61. The zero-order chi connectivity index (χ0) is 19.0. The van der Waals surface area contributed by atoms with Gasteiger partial charge in [-0.3, -0.25) is 4.79 Å². The van der Waals surface area contributed by atoms with Gasteiger partial charge >= 0.3 is 5.97 Å². The number of methoxy groups -OCH3 is 1. The van der Waals surface area contributed by atoms with Crippen molar-refractivity contribution in [3.63, 3.8) is 0 Å². The number of fused-ring (bicyclic) bond motifs is 1. The summed E-state index contributed by atoms with van der Waals surface area (Å²) in [6, 6.07) is 15.2. The average Bonchev–Trinajstić information content (AvgIpc) is 3.34. The number of carbonyl (C=O) groups is 2. The lowest BCUT2D eigenvalue weighted by atomic mass is 10.1. The summed E-state index contributed by atoms with van der Waals surface area (Å²) in [6.07, 6.45) is 0.678. The molecule has 0 bridgehead atoms. The highest BCUT2D eigenvalue weighted by Crippen LogP contribution is 2.34. The summed E-state index contributed by atoms with van der Waals surface area (Å²) in [7, 11) is 1.34. The molecule has 2 heterocycles. The number of hydrogen-bond donors (Lipinski definition) is 0. The lowest BCUT2D eigenvalue weighted by Gasteiger charge is -2.16. The van der Waals surface area contributed by atoms with Crippen LogP contribution in [0, 0.1) is 5.82 Å². The third-order valence-electron chi connectivity index (χ3n) is 4.60. The molecule has 0 atom stereocenters. The van der Waals surface area contributed by atoms with E-state index in [4.69, 9.17) is 4.74 Å². The molecule has 1 aliphatic rings. The highest BCUT2D eigenvalue weighted by Gasteiger charge is 2.27. The van der Waals surface area contributed by atoms with Gasteiger partial charge in [0.05, 0.1) is 17.6 Å². The van der Waals surface area contributed by atoms with Crippen molar-refractivity contribution in [2.75, 3.05) is 18.6 Å². The van der Waals surface area contributed by atoms with Gasteiger partial charge in [0.15, 0.2) is 0 Å². The molecule has 3 aromatic rings. The van der Waals surface area contributed by atoms with E-state index in [1.165, 1.54) is 24.5 Å². The summed E-state index contributed by atoms with van der Waals surface area (Å²) in [6.45, 7) is 0.547. The van der Waals surface area contributed by atoms with E-state index in [0.29, 0.717) is 29.0 Å². The van der Waals surface area contributed by atoms with E-state index < -0.39 is 5.97 Å². The Morgan fingerprint density at radius 3 is 2.70 bits per heavy atom. The van der Waals surface area contributed by atoms with Crippen molar-refractivity contribution in [2.24, 2.45) is 0 Å². The Morgan fingerprint density at radius 2 is 1.93 bits per heavy atom. The van der Waals surface area contributed by atoms with Crippen molar-refractivity contribution in [1.29, 1.82) is 0 Å². The average molecular weight is 381 g/mol. The van der Waals surface area contributed by atoms with Crippen LogP contribution in [0.1, 0.15) is 25.6 Å². The van der Waals surface area contributed by atoms with Crippen LogP contribution in [0.3, 0.4) is 0 Å². The largest absolute Gasteiger partial charge is 0.465 e. The van der Waals surface area contributed by atoms with Crippen LogP contribution in [0.15, 0.2) is 54.6 Å². The fourth-order valence-corrected chi connectivity index (χ4v) is 4.23. The van der Waals surface area contributed by atoms with Gasteiger partial charge in [-0.15, -0.1) is 11.3 Å². The molecule has 0 saturated carbocycles. The topological polar surface area (TPSA) is 46.6 Å². The Kier molecular flexibility index (Phi) is 4.49. The van der Waals surface area contributed by atoms with Gasteiger partial charge in [-0.2, -0.15) is 0 Å². The Morgan fingerprint density at radius 1 is 1.11 bits per heavy atom. The van der Waals surface area contributed by atoms with Crippen molar-refractivity contribution in [3.8, 4) is 10.4 Å². The fourth-order valence-electron chi connectivity index (χ4n) is 3.25. The molecular weight excluding hydrogens is 365 g/mol. The van der Waals surface area contributed by atoms with E-state index >= 15 is 0 Å². The van der Waals surface area contributed by atoms with Gasteiger partial charge in [0.2, 0.25) is 0 Å². The minimum absolute atomic E-state index is 0.118. The number of benzene rings is 2. The molecule has 2 aromatic carbocycles. The molecule has 1 aromatic heterocycles. The van der Waals surface area contributed by atoms with Crippen LogP contribution >= 0.6 is 11.3 Å². The van der Waals surface area contributed by atoms with Crippen LogP contribution in [-0.2, 0) is 11.2 Å². The van der Waals surface area contributed by atoms with E-state index in [9.17, 15) is 14.0 Å². The number of hydrogen-bond acceptors (Lipinski definition) is 4. The minimum atomic E-state index is -0.393. The predicted octanol–water partition coefficient (Wildman–Crippen LogP) is 4.54. The summed E-state index contributed by atoms with van der Waals surface area (Å²) in [4.78, 5) is 27.6. The van der Waals surface area contributed by atoms with Crippen LogP contribution in [-0.4, -0.2) is 25.5 Å². The van der Waals surface area contributed by atoms with E-state index in [0.717, 1.165) is 16.1 Å². The van der Waals surface area contributed by atoms with Crippen LogP contribution in [0.4, 0.5) is 10.1 Å². The Labute approximate surface area is 159 Å². The fraction of sp³-hybridized carbons (Fsp3) is 0.143. The molecule has 0 aliphatic carbocycles. The first-order chi connectivity index (χ1) is 13.1. The van der Waals surface area contributed by atoms with E-state index in [1.807, 2.05) is 0 Å². The molecule has 1 amide bonds. The van der Waals surface area contributed by atoms with Crippen molar-refractivity contribution in [3.05, 3.63) is 76.4 Å². The van der Waals surface area contributed by atoms with Crippen molar-refractivity contribution < 1.29 is 18.7 Å². The smallest absolute Gasteiger partial charge is 0.337 e. The molecule has 0 N–H and O–H groups in total. The summed E-state index contributed by atoms with van der Waals surface area (Å²) < 4.78 is 18.7. The van der Waals surface area contributed by atoms with E-state index in [2.05, 4.69) is 0 Å². The second-order valence-electron chi connectivity index (χ2n) is 6.19. The first kappa shape index (κ1) is 17.4. The SMILES string of the molecule is COC(=O)c1ccc2c(c1)CCN2C(=O)c1ccc(-c2ccccc2F)s1. The first-order valence-electron chi connectivity index (χ1n) is 8.46. The maximum absolute atomic E-state index is 14.0. The van der Waals surface area contributed by atoms with Crippen LogP contribution in [0.25, 0.3) is 10.4 Å². The molecule has 0 radical (unpaired) electrons. The molecule has 0 saturated heterocycles. The van der Waals surface area contributed by atoms with E-state index in [1.54, 1.807) is 53.4 Å². The molecule has 4 nitrogen and oxygen atoms in total. The third kappa shape index (κ3) is 3.13. The van der Waals surface area contributed by atoms with Gasteiger partial charge in [-0.1, -0.05) is 18.2 Å². The number of halogens is 1. The summed E-state index contributed by atoms with van der Waals surface area (Å²) >= 11 is 1.28. The predicted molar refractivity (Wildman–Crippen MR) is 103 cm³/mol. The highest BCUT2D eigenvalue weighted by molar-refractivity contribution is 7.17. The zero-order valence-corrected chi connectivity index (χ0v) is 15.4. The first-order valence-corrected chi connectivity index (χ1v) is 9.28. The molecule has 6 heteroatoms. The molecule has 4 rings (SSSR count). The Hall–Kier alpha value is -2.99. The number of rotatable bonds is 3. The summed E-state index contributed by atoms with van der Waals surface area (Å²) in [5.74, 6) is -0.817. The number of anilines is 1. The molecule has 0 spiro atoms. The zero-order valence-electron chi connectivity index (χ0n) is 14.6. The van der Waals surface area contributed by atoms with Gasteiger partial charge in [0.25, 0.3) is 5.91 Å². The maximum Gasteiger partial charge on any atom is 0.337 e. The molecule has 0 unspecified atom stereocenters. The van der Waals surface area contributed by atoms with Gasteiger partial charge in [0, 0.05) is 22.7 Å². The second kappa shape index (κ2) is 6.96. The minimum Gasteiger partial charge on any atom is -0.465 e. The maximum atomic E-state index is 14.0. The van der Waals surface area contributed by atoms with Gasteiger partial charge in [-0.25, -0.2) is 9.18 Å². The normalized spacial score (nSPS) is 12.7. The highest BCUT2D eigenvalue weighted by atomic mass is 32.1. The van der Waals surface area contributed by atoms with Crippen molar-refractivity contribution in [1.82, 2.24) is 0 Å². The second-order valence-corrected chi connectivity index (χ2v) is 7.27. The third-order valence-corrected chi connectivity index (χ3v) is 5.70. The summed E-state index contributed by atoms with van der Waals surface area (Å²) in [5, 5.41) is 0. The van der Waals surface area contributed by atoms with Gasteiger partial charge in [0.1, 0.15) is 5.82 Å². The van der Waals surface area contributed by atoms with Crippen molar-refractivity contribution >= 4 is 28.9 Å². The lowest BCUT2D eigenvalue weighted by Crippen LogP contribution is -2.28. The number of amides is 1. The number of thiophene rings is 1. The lowest BCUT2D eigenvalue weighted by molar-refractivity contribution is 0.0600. The molecule has 1 aliphatic heterocycles. The number of ether oxygens (including phenoxy) is 1. The van der Waals surface area contributed by atoms with Crippen molar-refractivity contribution in [2.45, 2.75) is 6.42 Å². The van der Waals surface area contributed by atoms with Crippen LogP contribution < -0.4 is 4.90 Å². The molecule has 136 valence electrons. The summed E-state index contributed by atoms with van der Waals surface area (Å²) in [5.41, 5.74) is 2.71. The number of esters is 1. The van der Waals surface area contributed by atoms with Crippen LogP contribution in [0.2, 0.25) is 0 Å². The standard InChI is InChI=1S/C21H16FNO3S/c1-26-21(25)14-6-7-17-13(12-14)10-11-23(17)20(24)19-9-8-18(27-19)15-4-2-3-5-16(15)22/h2-9,12H,10-11H2,1H3. The molecule has 0 fully saturated rings. The molecular formula is C21H16FNO3S. The monoisotopic (exact) mass is 381 g/mol. The quantitative estimate of drug-likeness (QED) is 0.626. The number of carbonyl (C=O) groups excluding carboxylic acids is 2. The van der Waals surface area contributed by atoms with E-state index in [-0.39, 0.29) is 11.7 Å². The van der Waals surface area contributed by atoms with Gasteiger partial charge in [-0.05, 0) is 48.4 Å². The Bertz CT molecular complexity index is 1040. The molecule has 27 heavy (non-hydrogen) atoms.